The number of aliphatic imine (C=N–C) groups is 6. The number of carboxylic acid groups (broad SMARTS) is 1. The van der Waals surface area contributed by atoms with Crippen LogP contribution in [-0.2, 0) is 59.2 Å². The van der Waals surface area contributed by atoms with Crippen LogP contribution in [0.4, 0.5) is 0 Å². The first kappa shape index (κ1) is 87.7. The molecule has 0 heterocycles. The van der Waals surface area contributed by atoms with Crippen molar-refractivity contribution in [2.24, 2.45) is 116 Å². The fraction of sp³-hybridized carbons (Fsp3) is 0.603. The van der Waals surface area contributed by atoms with Crippen LogP contribution in [0, 0.1) is 0 Å². The van der Waals surface area contributed by atoms with E-state index >= 15 is 0 Å². The summed E-state index contributed by atoms with van der Waals surface area (Å²) in [6, 6.07) is -7.38. The molecule has 43 heteroatoms. The van der Waals surface area contributed by atoms with Gasteiger partial charge in [0.05, 0.1) is 12.6 Å². The second-order valence-corrected chi connectivity index (χ2v) is 23.1. The molecule has 0 bridgehead atoms. The molecule has 0 saturated heterocycles. The van der Waals surface area contributed by atoms with Crippen molar-refractivity contribution in [3.8, 4) is 5.75 Å². The van der Waals surface area contributed by atoms with Crippen molar-refractivity contribution in [2.45, 2.75) is 170 Å². The van der Waals surface area contributed by atoms with Gasteiger partial charge in [-0.25, -0.2) is 4.79 Å². The molecule has 1 rings (SSSR count). The third kappa shape index (κ3) is 40.9. The number of hydrogen-bond donors (Lipinski definition) is 26. The van der Waals surface area contributed by atoms with Gasteiger partial charge in [0.15, 0.2) is 35.8 Å². The van der Waals surface area contributed by atoms with Crippen LogP contribution in [0.25, 0.3) is 0 Å². The van der Waals surface area contributed by atoms with Gasteiger partial charge in [-0.2, -0.15) is 0 Å². The number of amides is 10. The molecular weight excluding hydrogens is 1320 g/mol. The molecule has 10 amide bonds. The molecule has 0 aliphatic heterocycles. The lowest BCUT2D eigenvalue weighted by molar-refractivity contribution is -0.142. The van der Waals surface area contributed by atoms with E-state index in [0.717, 1.165) is 0 Å². The molecule has 0 aliphatic carbocycles. The number of unbranched alkanes of at least 4 members (excludes halogenated alkanes) is 1. The number of aliphatic carboxylic acids is 1. The number of nitrogens with one attached hydrogen (secondary N) is 9. The van der Waals surface area contributed by atoms with E-state index in [2.05, 4.69) is 77.8 Å². The van der Waals surface area contributed by atoms with Crippen LogP contribution in [0.1, 0.15) is 115 Å². The lowest BCUT2D eigenvalue weighted by Gasteiger charge is -2.28. The van der Waals surface area contributed by atoms with E-state index in [0.29, 0.717) is 12.0 Å². The number of carboxylic acids is 1. The third-order valence-corrected chi connectivity index (χ3v) is 14.5. The van der Waals surface area contributed by atoms with Gasteiger partial charge >= 0.3 is 5.97 Å². The van der Waals surface area contributed by atoms with Crippen molar-refractivity contribution in [1.82, 2.24) is 47.9 Å². The molecule has 0 fully saturated rings. The maximum absolute atomic E-state index is 14.7. The standard InChI is InChI=1S/C58H106N30O13/c59-22-2-1-9-35(82-45(93)34(10-3-23-74-53(62)63)81-43(91)30-80-44(92)33(60)29-31-16-18-32(89)19-17-31)46(94)83-36(11-4-24-75-54(64)65)47(95)84-38(13-6-26-77-56(68)69)49(97)87-40(20-21-42(61)90)51(99)86-37(12-5-25-76-55(66)67)48(96)85-39(14-7-27-78-57(70)71)50(98)88-41(52(100)101)15-8-28-79-58(72)73/h16-19,33-41,89H,1-15,20-30,59-60H2,(H2,61,90)(H,80,92)(H,81,91)(H,82,93)(H,83,94)(H,84,95)(H,85,96)(H,86,99)(H,87,97)(H,88,98)(H,100,101)(H4,62,63,74)(H4,64,65,75)(H4,66,67,76)(H4,68,69,77)(H4,70,71,78)(H4,72,73,79)/t33-,34-,35-,36-,37-,38-,39-,40-,41-/m0/s1. The minimum absolute atomic E-state index is 0.00260. The number of aromatic hydroxyl groups is 1. The predicted octanol–water partition coefficient (Wildman–Crippen LogP) is -10.9. The number of primary amides is 1. The highest BCUT2D eigenvalue weighted by molar-refractivity contribution is 5.98. The first-order valence-electron chi connectivity index (χ1n) is 32.5. The van der Waals surface area contributed by atoms with E-state index < -0.39 is 139 Å². The number of carbonyl (C=O) groups is 11. The molecule has 41 N–H and O–H groups in total. The molecule has 566 valence electrons. The van der Waals surface area contributed by atoms with E-state index in [-0.39, 0.29) is 184 Å². The van der Waals surface area contributed by atoms with Gasteiger partial charge in [0.1, 0.15) is 54.1 Å². The minimum atomic E-state index is -1.72. The van der Waals surface area contributed by atoms with E-state index in [9.17, 15) is 63.0 Å². The highest BCUT2D eigenvalue weighted by Crippen LogP contribution is 2.14. The summed E-state index contributed by atoms with van der Waals surface area (Å²) in [6.07, 6.45) is -1.28. The van der Waals surface area contributed by atoms with Crippen molar-refractivity contribution in [2.75, 3.05) is 52.4 Å². The van der Waals surface area contributed by atoms with Crippen molar-refractivity contribution in [3.05, 3.63) is 29.8 Å². The van der Waals surface area contributed by atoms with Gasteiger partial charge in [-0.15, -0.1) is 0 Å². The van der Waals surface area contributed by atoms with Gasteiger partial charge in [0, 0.05) is 45.7 Å². The summed E-state index contributed by atoms with van der Waals surface area (Å²) in [6.45, 7) is -0.705. The molecule has 43 nitrogen and oxygen atoms in total. The molecule has 0 saturated carbocycles. The van der Waals surface area contributed by atoms with Crippen LogP contribution in [0.3, 0.4) is 0 Å². The van der Waals surface area contributed by atoms with Gasteiger partial charge < -0.3 is 144 Å². The normalized spacial score (nSPS) is 13.4. The first-order chi connectivity index (χ1) is 47.7. The minimum Gasteiger partial charge on any atom is -0.508 e. The van der Waals surface area contributed by atoms with Crippen LogP contribution >= 0.6 is 0 Å². The van der Waals surface area contributed by atoms with E-state index in [4.69, 9.17) is 86.0 Å². The molecule has 9 atom stereocenters. The Morgan fingerprint density at radius 3 is 0.901 bits per heavy atom. The zero-order valence-electron chi connectivity index (χ0n) is 56.6. The molecule has 0 aliphatic rings. The number of phenolic OH excluding ortho intramolecular Hbond substituents is 1. The van der Waals surface area contributed by atoms with Gasteiger partial charge in [-0.3, -0.25) is 77.9 Å². The molecule has 1 aromatic carbocycles. The Labute approximate surface area is 583 Å². The Balaban J connectivity index is 3.83. The van der Waals surface area contributed by atoms with Crippen LogP contribution in [0.2, 0.25) is 0 Å². The third-order valence-electron chi connectivity index (χ3n) is 14.5. The summed E-state index contributed by atoms with van der Waals surface area (Å²) in [5.74, 6) is -12.5. The van der Waals surface area contributed by atoms with Crippen molar-refractivity contribution >= 4 is 101 Å². The summed E-state index contributed by atoms with van der Waals surface area (Å²) in [5.41, 5.74) is 84.2. The zero-order chi connectivity index (χ0) is 76.0. The first-order valence-corrected chi connectivity index (χ1v) is 32.5. The fourth-order valence-electron chi connectivity index (χ4n) is 9.37. The van der Waals surface area contributed by atoms with E-state index in [1.807, 2.05) is 0 Å². The van der Waals surface area contributed by atoms with Gasteiger partial charge in [-0.05, 0) is 133 Å². The van der Waals surface area contributed by atoms with Gasteiger partial charge in [-0.1, -0.05) is 12.1 Å². The number of hydrogen-bond acceptors (Lipinski definition) is 20. The Morgan fingerprint density at radius 1 is 0.356 bits per heavy atom. The number of carbonyl (C=O) groups excluding carboxylic acids is 10. The Hall–Kier alpha value is -11.3. The van der Waals surface area contributed by atoms with E-state index in [1.54, 1.807) is 12.1 Å². The van der Waals surface area contributed by atoms with Crippen LogP contribution < -0.4 is 134 Å². The monoisotopic (exact) mass is 1430 g/mol. The maximum Gasteiger partial charge on any atom is 0.326 e. The highest BCUT2D eigenvalue weighted by atomic mass is 16.4. The Bertz CT molecular complexity index is 3020. The average Bonchev–Trinajstić information content (AvgIpc) is 0.866. The summed E-state index contributed by atoms with van der Waals surface area (Å²) in [5, 5.41) is 42.4. The molecule has 0 radical (unpaired) electrons. The predicted molar refractivity (Wildman–Crippen MR) is 377 cm³/mol. The fourth-order valence-corrected chi connectivity index (χ4v) is 9.37. The zero-order valence-corrected chi connectivity index (χ0v) is 56.6. The lowest BCUT2D eigenvalue weighted by Crippen LogP contribution is -2.60. The SMILES string of the molecule is NCCCC[C@H](NC(=O)[C@H](CCCN=C(N)N)NC(=O)CNC(=O)[C@@H](N)Cc1ccc(O)cc1)C(=O)N[C@@H](CCCN=C(N)N)C(=O)N[C@@H](CCCN=C(N)N)C(=O)N[C@@H](CCC(N)=O)C(=O)N[C@@H](CCCN=C(N)N)C(=O)N[C@@H](CCCN=C(N)N)C(=O)N[C@@H](CCCN=C(N)N)C(=O)O. The van der Waals surface area contributed by atoms with Crippen LogP contribution in [0.15, 0.2) is 54.2 Å². The maximum atomic E-state index is 14.7. The summed E-state index contributed by atoms with van der Waals surface area (Å²) in [4.78, 5) is 175. The average molecular weight is 1430 g/mol. The number of phenols is 1. The molecule has 101 heavy (non-hydrogen) atoms. The van der Waals surface area contributed by atoms with Crippen LogP contribution in [-0.4, -0.2) is 218 Å². The summed E-state index contributed by atoms with van der Waals surface area (Å²) < 4.78 is 0. The number of rotatable bonds is 52. The topological polar surface area (TPSA) is 801 Å². The summed E-state index contributed by atoms with van der Waals surface area (Å²) in [7, 11) is 0. The molecule has 0 unspecified atom stereocenters. The van der Waals surface area contributed by atoms with Gasteiger partial charge in [0.2, 0.25) is 59.1 Å². The second-order valence-electron chi connectivity index (χ2n) is 23.1. The smallest absolute Gasteiger partial charge is 0.326 e. The molecule has 0 spiro atoms. The number of nitrogens with two attached hydrogens (primary N) is 15. The van der Waals surface area contributed by atoms with Crippen molar-refractivity contribution in [1.29, 1.82) is 0 Å². The second kappa shape index (κ2) is 49.3. The van der Waals surface area contributed by atoms with Crippen LogP contribution in [0.5, 0.6) is 5.75 Å². The lowest BCUT2D eigenvalue weighted by atomic mass is 10.0. The molecule has 0 aromatic heterocycles. The quantitative estimate of drug-likeness (QED) is 0.0164. The van der Waals surface area contributed by atoms with E-state index in [1.165, 1.54) is 12.1 Å². The Kier molecular flexibility index (Phi) is 42.8. The highest BCUT2D eigenvalue weighted by Gasteiger charge is 2.35. The molecular formula is C58H106N30O13. The number of guanidine groups is 6. The summed E-state index contributed by atoms with van der Waals surface area (Å²) >= 11 is 0. The number of benzene rings is 1. The van der Waals surface area contributed by atoms with Gasteiger partial charge in [0.25, 0.3) is 0 Å². The largest absolute Gasteiger partial charge is 0.508 e. The van der Waals surface area contributed by atoms with Crippen molar-refractivity contribution < 1.29 is 63.0 Å². The van der Waals surface area contributed by atoms with Crippen molar-refractivity contribution in [3.63, 3.8) is 0 Å². The molecule has 1 aromatic rings. The number of nitrogens with zero attached hydrogens (tertiary/aromatic N) is 6. The Morgan fingerprint density at radius 2 is 0.624 bits per heavy atom.